The zero-order valence-corrected chi connectivity index (χ0v) is 10.7. The molecular weight excluding hydrogens is 236 g/mol. The lowest BCUT2D eigenvalue weighted by Crippen LogP contribution is -2.47. The van der Waals surface area contributed by atoms with Crippen LogP contribution in [0.4, 0.5) is 0 Å². The molecule has 2 unspecified atom stereocenters. The number of rotatable bonds is 4. The molecule has 1 saturated carbocycles. The number of benzene rings is 1. The highest BCUT2D eigenvalue weighted by Crippen LogP contribution is 2.48. The molecule has 0 amide bonds. The van der Waals surface area contributed by atoms with E-state index in [1.807, 2.05) is 37.3 Å². The van der Waals surface area contributed by atoms with Gasteiger partial charge >= 0.3 is 5.97 Å². The summed E-state index contributed by atoms with van der Waals surface area (Å²) < 4.78 is 0. The molecule has 17 heavy (non-hydrogen) atoms. The van der Waals surface area contributed by atoms with Gasteiger partial charge in [0.05, 0.1) is 0 Å². The third-order valence-electron chi connectivity index (χ3n) is 3.96. The van der Waals surface area contributed by atoms with Crippen molar-refractivity contribution in [3.63, 3.8) is 0 Å². The Morgan fingerprint density at radius 2 is 2.00 bits per heavy atom. The van der Waals surface area contributed by atoms with Crippen LogP contribution in [-0.2, 0) is 4.79 Å². The molecule has 2 atom stereocenters. The first-order valence-corrected chi connectivity index (χ1v) is 6.42. The molecule has 0 heterocycles. The Labute approximate surface area is 107 Å². The van der Waals surface area contributed by atoms with Gasteiger partial charge in [-0.1, -0.05) is 43.7 Å². The topological polar surface area (TPSA) is 37.3 Å². The lowest BCUT2D eigenvalue weighted by Gasteiger charge is -2.41. The van der Waals surface area contributed by atoms with Gasteiger partial charge in [0.1, 0.15) is 0 Å². The molecule has 0 saturated heterocycles. The molecule has 1 aliphatic rings. The van der Waals surface area contributed by atoms with Crippen molar-refractivity contribution < 1.29 is 9.90 Å². The van der Waals surface area contributed by atoms with Crippen LogP contribution in [-0.4, -0.2) is 16.0 Å². The number of carboxylic acids is 1. The van der Waals surface area contributed by atoms with E-state index in [0.29, 0.717) is 0 Å². The summed E-state index contributed by atoms with van der Waals surface area (Å²) >= 11 is 6.46. The van der Waals surface area contributed by atoms with E-state index < -0.39 is 10.8 Å². The van der Waals surface area contributed by atoms with Crippen molar-refractivity contribution >= 4 is 17.6 Å². The number of hydrogen-bond donors (Lipinski definition) is 1. The molecule has 1 N–H and O–H groups in total. The number of carboxylic acid groups (broad SMARTS) is 1. The largest absolute Gasteiger partial charge is 0.480 e. The summed E-state index contributed by atoms with van der Waals surface area (Å²) in [5.41, 5.74) is 0.997. The molecule has 0 radical (unpaired) electrons. The first kappa shape index (κ1) is 12.4. The monoisotopic (exact) mass is 252 g/mol. The Morgan fingerprint density at radius 1 is 1.41 bits per heavy atom. The lowest BCUT2D eigenvalue weighted by molar-refractivity contribution is -0.143. The van der Waals surface area contributed by atoms with Gasteiger partial charge in [-0.3, -0.25) is 4.79 Å². The predicted octanol–water partition coefficient (Wildman–Crippen LogP) is 3.65. The Bertz CT molecular complexity index is 400. The van der Waals surface area contributed by atoms with Gasteiger partial charge < -0.3 is 5.11 Å². The third kappa shape index (κ3) is 2.06. The van der Waals surface area contributed by atoms with Gasteiger partial charge in [0.2, 0.25) is 0 Å². The summed E-state index contributed by atoms with van der Waals surface area (Å²) in [6, 6.07) is 9.67. The van der Waals surface area contributed by atoms with Gasteiger partial charge in [0.15, 0.2) is 4.87 Å². The molecule has 0 spiro atoms. The molecule has 1 fully saturated rings. The standard InChI is InChI=1S/C14H17ClO2/c1-10(11-6-3-2-4-7-11)14(15,13(16)17)12-8-5-9-12/h2-4,6-7,10,12H,5,8-9H2,1H3,(H,16,17). The van der Waals surface area contributed by atoms with E-state index in [2.05, 4.69) is 0 Å². The van der Waals surface area contributed by atoms with Crippen LogP contribution < -0.4 is 0 Å². The minimum Gasteiger partial charge on any atom is -0.480 e. The maximum absolute atomic E-state index is 11.5. The highest BCUT2D eigenvalue weighted by molar-refractivity contribution is 6.34. The zero-order chi connectivity index (χ0) is 12.5. The minimum absolute atomic E-state index is 0.0943. The minimum atomic E-state index is -1.15. The molecule has 92 valence electrons. The third-order valence-corrected chi connectivity index (χ3v) is 4.75. The van der Waals surface area contributed by atoms with E-state index in [0.717, 1.165) is 24.8 Å². The lowest BCUT2D eigenvalue weighted by atomic mass is 9.68. The van der Waals surface area contributed by atoms with Crippen LogP contribution in [0, 0.1) is 5.92 Å². The first-order chi connectivity index (χ1) is 8.06. The van der Waals surface area contributed by atoms with E-state index in [9.17, 15) is 9.90 Å². The van der Waals surface area contributed by atoms with E-state index >= 15 is 0 Å². The molecule has 1 aliphatic carbocycles. The van der Waals surface area contributed by atoms with Crippen molar-refractivity contribution in [2.24, 2.45) is 5.92 Å². The van der Waals surface area contributed by atoms with E-state index in [1.165, 1.54) is 0 Å². The maximum Gasteiger partial charge on any atom is 0.325 e. The number of hydrogen-bond acceptors (Lipinski definition) is 1. The fraction of sp³-hybridized carbons (Fsp3) is 0.500. The Kier molecular flexibility index (Phi) is 3.43. The van der Waals surface area contributed by atoms with Gasteiger partial charge in [-0.05, 0) is 24.3 Å². The van der Waals surface area contributed by atoms with Crippen LogP contribution in [0.3, 0.4) is 0 Å². The summed E-state index contributed by atoms with van der Waals surface area (Å²) in [5.74, 6) is -0.967. The number of carbonyl (C=O) groups is 1. The van der Waals surface area contributed by atoms with Gasteiger partial charge in [-0.15, -0.1) is 11.6 Å². The highest BCUT2D eigenvalue weighted by Gasteiger charge is 2.51. The zero-order valence-electron chi connectivity index (χ0n) is 9.90. The molecule has 0 aliphatic heterocycles. The summed E-state index contributed by atoms with van der Waals surface area (Å²) in [7, 11) is 0. The molecule has 0 bridgehead atoms. The van der Waals surface area contributed by atoms with Crippen molar-refractivity contribution in [3.05, 3.63) is 35.9 Å². The average molecular weight is 253 g/mol. The molecule has 1 aromatic rings. The second kappa shape index (κ2) is 4.69. The Balaban J connectivity index is 2.30. The van der Waals surface area contributed by atoms with Crippen molar-refractivity contribution in [1.29, 1.82) is 0 Å². The number of halogens is 1. The van der Waals surface area contributed by atoms with Crippen molar-refractivity contribution in [3.8, 4) is 0 Å². The van der Waals surface area contributed by atoms with Crippen LogP contribution >= 0.6 is 11.6 Å². The first-order valence-electron chi connectivity index (χ1n) is 6.04. The van der Waals surface area contributed by atoms with Crippen LogP contribution in [0.25, 0.3) is 0 Å². The van der Waals surface area contributed by atoms with Gasteiger partial charge in [0.25, 0.3) is 0 Å². The number of alkyl halides is 1. The van der Waals surface area contributed by atoms with Gasteiger partial charge in [-0.2, -0.15) is 0 Å². The van der Waals surface area contributed by atoms with E-state index in [4.69, 9.17) is 11.6 Å². The van der Waals surface area contributed by atoms with Crippen LogP contribution in [0.1, 0.15) is 37.7 Å². The summed E-state index contributed by atoms with van der Waals surface area (Å²) in [4.78, 5) is 10.4. The summed E-state index contributed by atoms with van der Waals surface area (Å²) in [6.45, 7) is 1.91. The second-order valence-electron chi connectivity index (χ2n) is 4.83. The van der Waals surface area contributed by atoms with Crippen molar-refractivity contribution in [1.82, 2.24) is 0 Å². The predicted molar refractivity (Wildman–Crippen MR) is 68.4 cm³/mol. The van der Waals surface area contributed by atoms with Crippen LogP contribution in [0.5, 0.6) is 0 Å². The van der Waals surface area contributed by atoms with Crippen LogP contribution in [0.15, 0.2) is 30.3 Å². The van der Waals surface area contributed by atoms with E-state index in [1.54, 1.807) is 0 Å². The van der Waals surface area contributed by atoms with Gasteiger partial charge in [-0.25, -0.2) is 0 Å². The Morgan fingerprint density at radius 3 is 2.41 bits per heavy atom. The SMILES string of the molecule is CC(c1ccccc1)C(Cl)(C(=O)O)C1CCC1. The van der Waals surface area contributed by atoms with Crippen LogP contribution in [0.2, 0.25) is 0 Å². The maximum atomic E-state index is 11.5. The molecular formula is C14H17ClO2. The normalized spacial score (nSPS) is 21.3. The van der Waals surface area contributed by atoms with Gasteiger partial charge in [0, 0.05) is 5.92 Å². The fourth-order valence-electron chi connectivity index (χ4n) is 2.53. The summed E-state index contributed by atoms with van der Waals surface area (Å²) in [5, 5.41) is 9.47. The van der Waals surface area contributed by atoms with E-state index in [-0.39, 0.29) is 11.8 Å². The van der Waals surface area contributed by atoms with Crippen molar-refractivity contribution in [2.45, 2.75) is 37.0 Å². The molecule has 2 rings (SSSR count). The molecule has 0 aromatic heterocycles. The molecule has 2 nitrogen and oxygen atoms in total. The fourth-order valence-corrected chi connectivity index (χ4v) is 2.87. The molecule has 1 aromatic carbocycles. The molecule has 3 heteroatoms. The average Bonchev–Trinajstić information content (AvgIpc) is 2.26. The Hall–Kier alpha value is -1.02. The highest BCUT2D eigenvalue weighted by atomic mass is 35.5. The number of aliphatic carboxylic acids is 1. The van der Waals surface area contributed by atoms with Crippen molar-refractivity contribution in [2.75, 3.05) is 0 Å². The smallest absolute Gasteiger partial charge is 0.325 e. The summed E-state index contributed by atoms with van der Waals surface area (Å²) in [6.07, 6.45) is 2.94. The second-order valence-corrected chi connectivity index (χ2v) is 5.46. The quantitative estimate of drug-likeness (QED) is 0.831.